The van der Waals surface area contributed by atoms with Gasteiger partial charge in [0.05, 0.1) is 6.61 Å². The van der Waals surface area contributed by atoms with Gasteiger partial charge in [0.15, 0.2) is 5.82 Å². The van der Waals surface area contributed by atoms with E-state index in [-0.39, 0.29) is 17.4 Å². The first-order valence-corrected chi connectivity index (χ1v) is 12.2. The zero-order chi connectivity index (χ0) is 26.7. The molecule has 3 heterocycles. The van der Waals surface area contributed by atoms with Gasteiger partial charge in [0.1, 0.15) is 23.5 Å². The van der Waals surface area contributed by atoms with Gasteiger partial charge >= 0.3 is 5.76 Å². The van der Waals surface area contributed by atoms with Crippen LogP contribution in [0.4, 0.5) is 0 Å². The van der Waals surface area contributed by atoms with Gasteiger partial charge < -0.3 is 15.4 Å². The minimum Gasteiger partial charge on any atom is -0.493 e. The lowest BCUT2D eigenvalue weighted by Gasteiger charge is -2.14. The van der Waals surface area contributed by atoms with Crippen molar-refractivity contribution in [2.45, 2.75) is 38.3 Å². The minimum absolute atomic E-state index is 0.0855. The molecular formula is C27H28N6O5. The SMILES string of the molecule is C=C/C=C/[C@H](CC/C=C/Cc1noc(=O)[nH]1)NC(=O)c1cc(C(=O)NCc2ccc3c(c2)CCO3)ncn1. The first-order valence-electron chi connectivity index (χ1n) is 12.2. The summed E-state index contributed by atoms with van der Waals surface area (Å²) in [5.74, 6) is -0.102. The second-order valence-corrected chi connectivity index (χ2v) is 8.51. The summed E-state index contributed by atoms with van der Waals surface area (Å²) < 4.78 is 9.97. The summed E-state index contributed by atoms with van der Waals surface area (Å²) in [4.78, 5) is 47.1. The Morgan fingerprint density at radius 3 is 2.79 bits per heavy atom. The van der Waals surface area contributed by atoms with E-state index < -0.39 is 17.6 Å². The number of ether oxygens (including phenoxy) is 1. The summed E-state index contributed by atoms with van der Waals surface area (Å²) in [5, 5.41) is 9.35. The number of benzene rings is 1. The molecule has 2 aromatic heterocycles. The zero-order valence-corrected chi connectivity index (χ0v) is 20.7. The maximum Gasteiger partial charge on any atom is 0.438 e. The van der Waals surface area contributed by atoms with E-state index in [2.05, 4.69) is 41.8 Å². The number of rotatable bonds is 12. The predicted octanol–water partition coefficient (Wildman–Crippen LogP) is 2.44. The first kappa shape index (κ1) is 26.3. The van der Waals surface area contributed by atoms with E-state index in [1.54, 1.807) is 12.2 Å². The van der Waals surface area contributed by atoms with Crippen molar-refractivity contribution in [3.05, 3.63) is 106 Å². The van der Waals surface area contributed by atoms with Crippen molar-refractivity contribution in [3.63, 3.8) is 0 Å². The quantitative estimate of drug-likeness (QED) is 0.245. The van der Waals surface area contributed by atoms with E-state index in [0.29, 0.717) is 38.2 Å². The van der Waals surface area contributed by atoms with Crippen molar-refractivity contribution in [2.75, 3.05) is 6.61 Å². The first-order chi connectivity index (χ1) is 18.5. The van der Waals surface area contributed by atoms with Crippen LogP contribution in [0.1, 0.15) is 50.8 Å². The van der Waals surface area contributed by atoms with Crippen molar-refractivity contribution in [1.29, 1.82) is 0 Å². The number of hydrogen-bond donors (Lipinski definition) is 3. The highest BCUT2D eigenvalue weighted by atomic mass is 16.5. The summed E-state index contributed by atoms with van der Waals surface area (Å²) in [6.45, 7) is 4.67. The lowest BCUT2D eigenvalue weighted by Crippen LogP contribution is -2.34. The summed E-state index contributed by atoms with van der Waals surface area (Å²) >= 11 is 0. The van der Waals surface area contributed by atoms with Gasteiger partial charge in [-0.15, -0.1) is 0 Å². The number of amides is 2. The minimum atomic E-state index is -0.592. The topological polar surface area (TPSA) is 152 Å². The van der Waals surface area contributed by atoms with Crippen molar-refractivity contribution < 1.29 is 18.8 Å². The predicted molar refractivity (Wildman–Crippen MR) is 139 cm³/mol. The number of nitrogens with one attached hydrogen (secondary N) is 3. The third kappa shape index (κ3) is 7.36. The average molecular weight is 517 g/mol. The van der Waals surface area contributed by atoms with E-state index in [9.17, 15) is 14.4 Å². The average Bonchev–Trinajstić information content (AvgIpc) is 3.58. The lowest BCUT2D eigenvalue weighted by molar-refractivity contribution is 0.0937. The molecule has 0 aliphatic carbocycles. The fraction of sp³-hybridized carbons (Fsp3) is 0.259. The van der Waals surface area contributed by atoms with Gasteiger partial charge in [-0.2, -0.15) is 0 Å². The van der Waals surface area contributed by atoms with Crippen molar-refractivity contribution in [1.82, 2.24) is 30.7 Å². The number of H-pyrrole nitrogens is 1. The highest BCUT2D eigenvalue weighted by molar-refractivity contribution is 5.97. The molecule has 0 bridgehead atoms. The molecule has 0 spiro atoms. The Labute approximate surface area is 218 Å². The third-order valence-electron chi connectivity index (χ3n) is 5.74. The molecule has 1 aromatic carbocycles. The van der Waals surface area contributed by atoms with Crippen molar-refractivity contribution in [3.8, 4) is 5.75 Å². The van der Waals surface area contributed by atoms with Gasteiger partial charge in [-0.1, -0.05) is 54.2 Å². The number of nitrogens with zero attached hydrogens (tertiary/aromatic N) is 3. The maximum atomic E-state index is 12.9. The summed E-state index contributed by atoms with van der Waals surface area (Å²) in [5.41, 5.74) is 2.26. The maximum absolute atomic E-state index is 12.9. The molecule has 38 heavy (non-hydrogen) atoms. The third-order valence-corrected chi connectivity index (χ3v) is 5.74. The Bertz CT molecular complexity index is 1410. The molecule has 0 fully saturated rings. The summed E-state index contributed by atoms with van der Waals surface area (Å²) in [6, 6.07) is 6.90. The molecular weight excluding hydrogens is 488 g/mol. The molecule has 0 unspecified atom stereocenters. The molecule has 2 amide bonds. The van der Waals surface area contributed by atoms with E-state index in [0.717, 1.165) is 23.3 Å². The number of carbonyl (C=O) groups is 2. The second kappa shape index (κ2) is 12.9. The molecule has 3 aromatic rings. The number of aromatic amines is 1. The smallest absolute Gasteiger partial charge is 0.438 e. The van der Waals surface area contributed by atoms with Gasteiger partial charge in [0.2, 0.25) is 0 Å². The fourth-order valence-corrected chi connectivity index (χ4v) is 3.84. The molecule has 196 valence electrons. The van der Waals surface area contributed by atoms with Crippen LogP contribution >= 0.6 is 0 Å². The Kier molecular flexibility index (Phi) is 8.95. The van der Waals surface area contributed by atoms with Crippen LogP contribution in [0.5, 0.6) is 5.75 Å². The summed E-state index contributed by atoms with van der Waals surface area (Å²) in [6.07, 6.45) is 12.7. The lowest BCUT2D eigenvalue weighted by atomic mass is 10.1. The number of aromatic nitrogens is 4. The van der Waals surface area contributed by atoms with Gasteiger partial charge in [0, 0.05) is 31.5 Å². The molecule has 4 rings (SSSR count). The molecule has 1 atom stereocenters. The van der Waals surface area contributed by atoms with Gasteiger partial charge in [-0.25, -0.2) is 14.8 Å². The number of allylic oxidation sites excluding steroid dienone is 4. The molecule has 3 N–H and O–H groups in total. The van der Waals surface area contributed by atoms with Crippen LogP contribution in [-0.4, -0.2) is 44.6 Å². The fourth-order valence-electron chi connectivity index (χ4n) is 3.84. The molecule has 11 nitrogen and oxygen atoms in total. The standard InChI is InChI=1S/C27H28N6O5/c1-2-3-7-20(8-5-4-6-9-24-32-27(36)38-33-24)31-26(35)22-15-21(29-17-30-22)25(34)28-16-18-10-11-23-19(14-18)12-13-37-23/h2-4,6-7,10-11,14-15,17,20H,1,5,8-9,12-13,16H2,(H,28,34)(H,31,35)(H,32,33,36)/b6-4+,7-3+/t20-/m1/s1. The number of carbonyl (C=O) groups excluding carboxylic acids is 2. The van der Waals surface area contributed by atoms with Crippen LogP contribution in [0.3, 0.4) is 0 Å². The Hall–Kier alpha value is -4.80. The van der Waals surface area contributed by atoms with Crippen LogP contribution in [0.2, 0.25) is 0 Å². The molecule has 1 aliphatic rings. The van der Waals surface area contributed by atoms with Crippen LogP contribution in [0.25, 0.3) is 0 Å². The van der Waals surface area contributed by atoms with Crippen LogP contribution in [0.15, 0.2) is 76.9 Å². The monoisotopic (exact) mass is 516 g/mol. The van der Waals surface area contributed by atoms with Gasteiger partial charge in [-0.05, 0) is 30.0 Å². The van der Waals surface area contributed by atoms with Gasteiger partial charge in [-0.3, -0.25) is 19.1 Å². The van der Waals surface area contributed by atoms with Crippen molar-refractivity contribution >= 4 is 11.8 Å². The van der Waals surface area contributed by atoms with Gasteiger partial charge in [0.25, 0.3) is 11.8 Å². The Balaban J connectivity index is 1.31. The molecule has 0 radical (unpaired) electrons. The zero-order valence-electron chi connectivity index (χ0n) is 20.7. The van der Waals surface area contributed by atoms with Crippen LogP contribution in [0, 0.1) is 0 Å². The molecule has 1 aliphatic heterocycles. The van der Waals surface area contributed by atoms with E-state index in [4.69, 9.17) is 4.74 Å². The summed E-state index contributed by atoms with van der Waals surface area (Å²) in [7, 11) is 0. The highest BCUT2D eigenvalue weighted by Crippen LogP contribution is 2.25. The van der Waals surface area contributed by atoms with Crippen LogP contribution < -0.4 is 21.1 Å². The molecule has 0 saturated heterocycles. The number of hydrogen-bond acceptors (Lipinski definition) is 8. The van der Waals surface area contributed by atoms with E-state index in [1.807, 2.05) is 36.4 Å². The Morgan fingerprint density at radius 2 is 2.00 bits per heavy atom. The Morgan fingerprint density at radius 1 is 1.16 bits per heavy atom. The molecule has 0 saturated carbocycles. The second-order valence-electron chi connectivity index (χ2n) is 8.51. The van der Waals surface area contributed by atoms with Crippen LogP contribution in [-0.2, 0) is 19.4 Å². The van der Waals surface area contributed by atoms with E-state index in [1.165, 1.54) is 12.4 Å². The highest BCUT2D eigenvalue weighted by Gasteiger charge is 2.16. The van der Waals surface area contributed by atoms with Crippen molar-refractivity contribution in [2.24, 2.45) is 0 Å². The van der Waals surface area contributed by atoms with E-state index >= 15 is 0 Å². The normalized spacial score (nSPS) is 13.3. The molecule has 11 heteroatoms. The number of fused-ring (bicyclic) bond motifs is 1. The largest absolute Gasteiger partial charge is 0.493 e.